The zero-order valence-electron chi connectivity index (χ0n) is 6.17. The molecule has 0 saturated carbocycles. The standard InChI is InChI=1S/C8H9NO2/c10-7-9-4-1-2-8-3-5-11-6-8/h8H,2-3,5-6H2. The van der Waals surface area contributed by atoms with Crippen molar-refractivity contribution in [2.24, 2.45) is 10.9 Å². The summed E-state index contributed by atoms with van der Waals surface area (Å²) < 4.78 is 5.14. The third-order valence-corrected chi connectivity index (χ3v) is 1.60. The van der Waals surface area contributed by atoms with Crippen molar-refractivity contribution in [3.05, 3.63) is 0 Å². The highest BCUT2D eigenvalue weighted by Crippen LogP contribution is 2.14. The Morgan fingerprint density at radius 2 is 2.55 bits per heavy atom. The van der Waals surface area contributed by atoms with E-state index < -0.39 is 0 Å². The fourth-order valence-corrected chi connectivity index (χ4v) is 0.997. The summed E-state index contributed by atoms with van der Waals surface area (Å²) in [4.78, 5) is 12.7. The summed E-state index contributed by atoms with van der Waals surface area (Å²) in [5.41, 5.74) is 0. The van der Waals surface area contributed by atoms with Gasteiger partial charge in [0.2, 0.25) is 6.08 Å². The van der Waals surface area contributed by atoms with E-state index in [0.717, 1.165) is 26.1 Å². The first kappa shape index (κ1) is 8.00. The van der Waals surface area contributed by atoms with E-state index in [0.29, 0.717) is 5.92 Å². The third kappa shape index (κ3) is 2.99. The van der Waals surface area contributed by atoms with Crippen LogP contribution in [0.1, 0.15) is 12.8 Å². The summed E-state index contributed by atoms with van der Waals surface area (Å²) in [6.07, 6.45) is 3.20. The largest absolute Gasteiger partial charge is 0.381 e. The number of hydrogen-bond acceptors (Lipinski definition) is 3. The lowest BCUT2D eigenvalue weighted by molar-refractivity contribution is 0.186. The second-order valence-electron chi connectivity index (χ2n) is 2.43. The summed E-state index contributed by atoms with van der Waals surface area (Å²) in [6, 6.07) is 2.36. The fraction of sp³-hybridized carbons (Fsp3) is 0.625. The topological polar surface area (TPSA) is 38.7 Å². The van der Waals surface area contributed by atoms with Crippen LogP contribution in [-0.2, 0) is 9.53 Å². The molecule has 0 aromatic heterocycles. The summed E-state index contributed by atoms with van der Waals surface area (Å²) in [7, 11) is 0. The highest BCUT2D eigenvalue weighted by atomic mass is 16.5. The van der Waals surface area contributed by atoms with Crippen LogP contribution >= 0.6 is 0 Å². The molecule has 0 aromatic carbocycles. The zero-order valence-corrected chi connectivity index (χ0v) is 6.17. The molecule has 0 amide bonds. The van der Waals surface area contributed by atoms with E-state index in [-0.39, 0.29) is 0 Å². The van der Waals surface area contributed by atoms with Crippen LogP contribution in [0, 0.1) is 17.9 Å². The minimum absolute atomic E-state index is 0.532. The third-order valence-electron chi connectivity index (χ3n) is 1.60. The molecular formula is C8H9NO2. The van der Waals surface area contributed by atoms with E-state index in [2.05, 4.69) is 17.0 Å². The molecule has 11 heavy (non-hydrogen) atoms. The number of hydrogen-bond donors (Lipinski definition) is 0. The van der Waals surface area contributed by atoms with Crippen LogP contribution in [0.15, 0.2) is 4.99 Å². The number of ether oxygens (including phenoxy) is 1. The molecule has 0 N–H and O–H groups in total. The van der Waals surface area contributed by atoms with Crippen LogP contribution in [0.5, 0.6) is 0 Å². The maximum absolute atomic E-state index is 9.58. The van der Waals surface area contributed by atoms with Gasteiger partial charge in [0.1, 0.15) is 0 Å². The zero-order chi connectivity index (χ0) is 7.94. The van der Waals surface area contributed by atoms with Crippen molar-refractivity contribution in [2.75, 3.05) is 13.2 Å². The second-order valence-corrected chi connectivity index (χ2v) is 2.43. The molecular weight excluding hydrogens is 142 g/mol. The maximum Gasteiger partial charge on any atom is 0.249 e. The Morgan fingerprint density at radius 3 is 3.18 bits per heavy atom. The molecule has 0 aliphatic carbocycles. The van der Waals surface area contributed by atoms with Crippen LogP contribution in [0.2, 0.25) is 0 Å². The van der Waals surface area contributed by atoms with Gasteiger partial charge >= 0.3 is 0 Å². The first-order valence-corrected chi connectivity index (χ1v) is 3.56. The van der Waals surface area contributed by atoms with Gasteiger partial charge in [-0.05, 0) is 12.3 Å². The average molecular weight is 151 g/mol. The molecule has 1 rings (SSSR count). The summed E-state index contributed by atoms with van der Waals surface area (Å²) in [5.74, 6) is 3.30. The molecule has 1 aliphatic heterocycles. The van der Waals surface area contributed by atoms with E-state index in [1.165, 1.54) is 6.08 Å². The van der Waals surface area contributed by atoms with Crippen LogP contribution in [0.3, 0.4) is 0 Å². The number of nitrogens with zero attached hydrogens (tertiary/aromatic N) is 1. The molecule has 0 spiro atoms. The van der Waals surface area contributed by atoms with E-state index in [1.807, 2.05) is 0 Å². The molecule has 0 bridgehead atoms. The van der Waals surface area contributed by atoms with Gasteiger partial charge in [-0.25, -0.2) is 4.79 Å². The molecule has 1 unspecified atom stereocenters. The smallest absolute Gasteiger partial charge is 0.249 e. The van der Waals surface area contributed by atoms with Gasteiger partial charge in [0.15, 0.2) is 0 Å². The Kier molecular flexibility index (Phi) is 3.40. The van der Waals surface area contributed by atoms with Gasteiger partial charge in [0.25, 0.3) is 0 Å². The van der Waals surface area contributed by atoms with Crippen LogP contribution in [0.4, 0.5) is 0 Å². The van der Waals surface area contributed by atoms with E-state index >= 15 is 0 Å². The molecule has 1 heterocycles. The summed E-state index contributed by atoms with van der Waals surface area (Å²) >= 11 is 0. The molecule has 3 nitrogen and oxygen atoms in total. The Bertz CT molecular complexity index is 214. The van der Waals surface area contributed by atoms with Gasteiger partial charge in [0, 0.05) is 19.1 Å². The maximum atomic E-state index is 9.58. The lowest BCUT2D eigenvalue weighted by Crippen LogP contribution is -1.96. The van der Waals surface area contributed by atoms with Crippen molar-refractivity contribution < 1.29 is 9.53 Å². The summed E-state index contributed by atoms with van der Waals surface area (Å²) in [5, 5.41) is 0. The van der Waals surface area contributed by atoms with Crippen molar-refractivity contribution in [1.29, 1.82) is 0 Å². The highest BCUT2D eigenvalue weighted by molar-refractivity contribution is 5.36. The highest BCUT2D eigenvalue weighted by Gasteiger charge is 2.13. The number of carbonyl (C=O) groups excluding carboxylic acids is 1. The van der Waals surface area contributed by atoms with Gasteiger partial charge in [-0.3, -0.25) is 0 Å². The molecule has 3 heteroatoms. The monoisotopic (exact) mass is 151 g/mol. The normalized spacial score (nSPS) is 21.6. The molecule has 1 fully saturated rings. The Hall–Kier alpha value is -1.10. The fourth-order valence-electron chi connectivity index (χ4n) is 0.997. The molecule has 1 saturated heterocycles. The van der Waals surface area contributed by atoms with Crippen molar-refractivity contribution in [1.82, 2.24) is 0 Å². The predicted molar refractivity (Wildman–Crippen MR) is 39.4 cm³/mol. The minimum atomic E-state index is 0.532. The second kappa shape index (κ2) is 4.68. The SMILES string of the molecule is O=C=NC#CCC1CCOC1. The summed E-state index contributed by atoms with van der Waals surface area (Å²) in [6.45, 7) is 1.63. The van der Waals surface area contributed by atoms with Crippen LogP contribution in [-0.4, -0.2) is 19.3 Å². The van der Waals surface area contributed by atoms with E-state index in [9.17, 15) is 4.79 Å². The molecule has 0 aromatic rings. The Labute approximate surface area is 65.5 Å². The first-order chi connectivity index (χ1) is 5.43. The molecule has 0 radical (unpaired) electrons. The van der Waals surface area contributed by atoms with Crippen molar-refractivity contribution >= 4 is 6.08 Å². The van der Waals surface area contributed by atoms with Crippen molar-refractivity contribution in [2.45, 2.75) is 12.8 Å². The number of rotatable bonds is 1. The van der Waals surface area contributed by atoms with Crippen LogP contribution < -0.4 is 0 Å². The minimum Gasteiger partial charge on any atom is -0.381 e. The van der Waals surface area contributed by atoms with Gasteiger partial charge in [-0.15, -0.1) is 4.99 Å². The Balaban J connectivity index is 2.21. The lowest BCUT2D eigenvalue weighted by Gasteiger charge is -1.97. The van der Waals surface area contributed by atoms with Crippen LogP contribution in [0.25, 0.3) is 0 Å². The quantitative estimate of drug-likeness (QED) is 0.314. The number of aliphatic imine (C=N–C) groups is 1. The lowest BCUT2D eigenvalue weighted by atomic mass is 10.1. The van der Waals surface area contributed by atoms with Crippen molar-refractivity contribution in [3.8, 4) is 12.0 Å². The molecule has 1 atom stereocenters. The Morgan fingerprint density at radius 1 is 1.64 bits per heavy atom. The van der Waals surface area contributed by atoms with E-state index in [4.69, 9.17) is 4.74 Å². The van der Waals surface area contributed by atoms with Gasteiger partial charge in [-0.1, -0.05) is 5.92 Å². The van der Waals surface area contributed by atoms with Gasteiger partial charge < -0.3 is 4.74 Å². The predicted octanol–water partition coefficient (Wildman–Crippen LogP) is 0.710. The van der Waals surface area contributed by atoms with Gasteiger partial charge in [-0.2, -0.15) is 0 Å². The first-order valence-electron chi connectivity index (χ1n) is 3.56. The average Bonchev–Trinajstić information content (AvgIpc) is 2.50. The van der Waals surface area contributed by atoms with Gasteiger partial charge in [0.05, 0.1) is 6.61 Å². The van der Waals surface area contributed by atoms with Crippen molar-refractivity contribution in [3.63, 3.8) is 0 Å². The molecule has 1 aliphatic rings. The molecule has 58 valence electrons. The number of isocyanates is 1. The van der Waals surface area contributed by atoms with E-state index in [1.54, 1.807) is 0 Å².